The molecule has 1 fully saturated rings. The Morgan fingerprint density at radius 1 is 1.18 bits per heavy atom. The highest BCUT2D eigenvalue weighted by atomic mass is 32.1. The fraction of sp³-hybridized carbons (Fsp3) is 0.286. The second-order valence-corrected chi connectivity index (χ2v) is 10.7. The maximum Gasteiger partial charge on any atom is 0.251 e. The lowest BCUT2D eigenvalue weighted by molar-refractivity contribution is -0.117. The molecule has 1 saturated carbocycles. The number of anilines is 1. The van der Waals surface area contributed by atoms with Crippen LogP contribution in [-0.2, 0) is 16.8 Å². The number of nitrogen functional groups attached to an aromatic ring is 1. The average Bonchev–Trinajstić information content (AvgIpc) is 3.70. The summed E-state index contributed by atoms with van der Waals surface area (Å²) in [7, 11) is 0. The summed E-state index contributed by atoms with van der Waals surface area (Å²) in [5.41, 5.74) is 11.1. The molecular weight excluding hydrogens is 540 g/mol. The number of nitrogens with one attached hydrogen (secondary N) is 1. The number of ether oxygens (including phenoxy) is 1. The Morgan fingerprint density at radius 3 is 2.55 bits per heavy atom. The summed E-state index contributed by atoms with van der Waals surface area (Å²) in [5.74, 6) is -2.28. The van der Waals surface area contributed by atoms with Crippen LogP contribution in [0.4, 0.5) is 13.9 Å². The van der Waals surface area contributed by atoms with Crippen molar-refractivity contribution in [2.24, 2.45) is 11.7 Å². The second-order valence-electron chi connectivity index (χ2n) is 9.67. The highest BCUT2D eigenvalue weighted by Crippen LogP contribution is 2.47. The van der Waals surface area contributed by atoms with E-state index in [4.69, 9.17) is 21.2 Å². The molecule has 0 unspecified atom stereocenters. The summed E-state index contributed by atoms with van der Waals surface area (Å²) in [6.45, 7) is 1.80. The minimum absolute atomic E-state index is 0.0490. The van der Waals surface area contributed by atoms with E-state index in [0.29, 0.717) is 40.1 Å². The van der Waals surface area contributed by atoms with Gasteiger partial charge < -0.3 is 26.6 Å². The smallest absolute Gasteiger partial charge is 0.251 e. The van der Waals surface area contributed by atoms with Gasteiger partial charge in [0.2, 0.25) is 5.91 Å². The number of carbonyl (C=O) groups is 2. The third-order valence-corrected chi connectivity index (χ3v) is 7.59. The highest BCUT2D eigenvalue weighted by molar-refractivity contribution is 7.22. The van der Waals surface area contributed by atoms with Crippen molar-refractivity contribution in [3.8, 4) is 17.0 Å². The van der Waals surface area contributed by atoms with E-state index in [2.05, 4.69) is 10.3 Å². The molecule has 2 aromatic carbocycles. The van der Waals surface area contributed by atoms with E-state index in [-0.39, 0.29) is 47.4 Å². The standard InChI is InChI=1S/C28H27F2N5O4S/c1-2-39-25-15(12-22(31)36)11-21(34-23(25)14-3-7-18(29)8-4-14)28(38,17-5-6-17)13-33-26(37)16-9-19(30)24-20(10-16)40-27(32)35-24/h3-4,7-11,17,38H,2,5-6,12-13H2,1H3,(H2,31,36)(H2,32,35)(H,33,37)/t28-/m1/s1. The van der Waals surface area contributed by atoms with Crippen molar-refractivity contribution in [3.63, 3.8) is 0 Å². The molecule has 1 atom stereocenters. The molecule has 0 radical (unpaired) electrons. The van der Waals surface area contributed by atoms with Crippen LogP contribution in [0.3, 0.4) is 0 Å². The van der Waals surface area contributed by atoms with E-state index in [9.17, 15) is 23.5 Å². The largest absolute Gasteiger partial charge is 0.491 e. The molecule has 2 aromatic heterocycles. The lowest BCUT2D eigenvalue weighted by Gasteiger charge is -2.30. The first-order valence-corrected chi connectivity index (χ1v) is 13.5. The van der Waals surface area contributed by atoms with E-state index in [1.807, 2.05) is 0 Å². The molecule has 2 amide bonds. The van der Waals surface area contributed by atoms with Crippen LogP contribution in [0, 0.1) is 17.6 Å². The van der Waals surface area contributed by atoms with Gasteiger partial charge in [0.1, 0.15) is 28.4 Å². The van der Waals surface area contributed by atoms with Gasteiger partial charge in [-0.15, -0.1) is 0 Å². The minimum Gasteiger partial charge on any atom is -0.491 e. The first-order valence-electron chi connectivity index (χ1n) is 12.7. The summed E-state index contributed by atoms with van der Waals surface area (Å²) in [6.07, 6.45) is 1.17. The second kappa shape index (κ2) is 10.8. The Labute approximate surface area is 232 Å². The number of hydrogen-bond acceptors (Lipinski definition) is 8. The highest BCUT2D eigenvalue weighted by Gasteiger charge is 2.47. The number of nitrogens with zero attached hydrogens (tertiary/aromatic N) is 2. The van der Waals surface area contributed by atoms with Gasteiger partial charge in [0.05, 0.1) is 30.0 Å². The molecule has 208 valence electrons. The topological polar surface area (TPSA) is 153 Å². The van der Waals surface area contributed by atoms with Gasteiger partial charge >= 0.3 is 0 Å². The number of pyridine rings is 1. The number of aromatic nitrogens is 2. The SMILES string of the molecule is CCOc1c(CC(N)=O)cc([C@@](O)(CNC(=O)c2cc(F)c3nc(N)sc3c2)C2CC2)nc1-c1ccc(F)cc1. The molecular formula is C28H27F2N5O4S. The van der Waals surface area contributed by atoms with Crippen LogP contribution in [0.1, 0.15) is 41.4 Å². The van der Waals surface area contributed by atoms with Gasteiger partial charge in [-0.2, -0.15) is 0 Å². The van der Waals surface area contributed by atoms with E-state index in [1.165, 1.54) is 30.3 Å². The number of aliphatic hydroxyl groups is 1. The molecule has 12 heteroatoms. The van der Waals surface area contributed by atoms with Gasteiger partial charge in [-0.05, 0) is 68.1 Å². The van der Waals surface area contributed by atoms with Crippen LogP contribution in [0.2, 0.25) is 0 Å². The first-order chi connectivity index (χ1) is 19.1. The summed E-state index contributed by atoms with van der Waals surface area (Å²) in [4.78, 5) is 33.7. The van der Waals surface area contributed by atoms with E-state index < -0.39 is 29.0 Å². The van der Waals surface area contributed by atoms with Crippen LogP contribution in [0.5, 0.6) is 5.75 Å². The summed E-state index contributed by atoms with van der Waals surface area (Å²) in [6, 6.07) is 9.70. The normalized spacial score (nSPS) is 14.6. The number of hydrogen-bond donors (Lipinski definition) is 4. The Bertz CT molecular complexity index is 1610. The lowest BCUT2D eigenvalue weighted by atomic mass is 9.90. The molecule has 4 aromatic rings. The van der Waals surface area contributed by atoms with Crippen molar-refractivity contribution in [3.05, 3.63) is 70.9 Å². The van der Waals surface area contributed by atoms with Crippen molar-refractivity contribution in [2.45, 2.75) is 31.8 Å². The van der Waals surface area contributed by atoms with Gasteiger partial charge in [0, 0.05) is 16.7 Å². The Hall–Kier alpha value is -4.16. The molecule has 0 aliphatic heterocycles. The van der Waals surface area contributed by atoms with Crippen molar-refractivity contribution < 1.29 is 28.2 Å². The number of nitrogens with two attached hydrogens (primary N) is 2. The minimum atomic E-state index is -1.63. The number of carbonyl (C=O) groups excluding carboxylic acids is 2. The van der Waals surface area contributed by atoms with Crippen LogP contribution >= 0.6 is 11.3 Å². The van der Waals surface area contributed by atoms with Crippen molar-refractivity contribution in [1.29, 1.82) is 0 Å². The van der Waals surface area contributed by atoms with Gasteiger partial charge in [-0.3, -0.25) is 9.59 Å². The van der Waals surface area contributed by atoms with Gasteiger partial charge in [0.25, 0.3) is 5.91 Å². The van der Waals surface area contributed by atoms with Crippen LogP contribution in [0.25, 0.3) is 21.5 Å². The van der Waals surface area contributed by atoms with E-state index >= 15 is 0 Å². The summed E-state index contributed by atoms with van der Waals surface area (Å²) >= 11 is 1.06. The van der Waals surface area contributed by atoms with Crippen molar-refractivity contribution >= 4 is 38.5 Å². The molecule has 2 heterocycles. The van der Waals surface area contributed by atoms with Crippen LogP contribution in [0.15, 0.2) is 42.5 Å². The van der Waals surface area contributed by atoms with Gasteiger partial charge in [-0.1, -0.05) is 11.3 Å². The Morgan fingerprint density at radius 2 is 1.90 bits per heavy atom. The number of rotatable bonds is 10. The third kappa shape index (κ3) is 5.45. The molecule has 40 heavy (non-hydrogen) atoms. The van der Waals surface area contributed by atoms with Crippen molar-refractivity contribution in [1.82, 2.24) is 15.3 Å². The molecule has 1 aliphatic rings. The monoisotopic (exact) mass is 567 g/mol. The number of amides is 2. The average molecular weight is 568 g/mol. The number of benzene rings is 2. The summed E-state index contributed by atoms with van der Waals surface area (Å²) < 4.78 is 34.5. The fourth-order valence-corrected chi connectivity index (χ4v) is 5.48. The molecule has 1 aliphatic carbocycles. The number of thiazole rings is 1. The molecule has 0 spiro atoms. The molecule has 0 bridgehead atoms. The van der Waals surface area contributed by atoms with Gasteiger partial charge in [-0.25, -0.2) is 18.7 Å². The van der Waals surface area contributed by atoms with Crippen LogP contribution < -0.4 is 21.5 Å². The predicted molar refractivity (Wildman–Crippen MR) is 147 cm³/mol. The predicted octanol–water partition coefficient (Wildman–Crippen LogP) is 3.67. The number of fused-ring (bicyclic) bond motifs is 1. The van der Waals surface area contributed by atoms with Crippen LogP contribution in [-0.4, -0.2) is 40.0 Å². The Balaban J connectivity index is 1.53. The van der Waals surface area contributed by atoms with Crippen molar-refractivity contribution in [2.75, 3.05) is 18.9 Å². The maximum atomic E-state index is 14.6. The van der Waals surface area contributed by atoms with E-state index in [0.717, 1.165) is 17.4 Å². The maximum absolute atomic E-state index is 14.6. The zero-order valence-electron chi connectivity index (χ0n) is 21.5. The molecule has 0 saturated heterocycles. The number of halogens is 2. The number of primary amides is 1. The molecule has 5 rings (SSSR count). The molecule has 9 nitrogen and oxygen atoms in total. The Kier molecular flexibility index (Phi) is 7.39. The van der Waals surface area contributed by atoms with E-state index in [1.54, 1.807) is 13.0 Å². The van der Waals surface area contributed by atoms with Gasteiger partial charge in [0.15, 0.2) is 10.9 Å². The fourth-order valence-electron chi connectivity index (χ4n) is 4.69. The first kappa shape index (κ1) is 27.4. The molecule has 6 N–H and O–H groups in total. The quantitative estimate of drug-likeness (QED) is 0.228. The lowest BCUT2D eigenvalue weighted by Crippen LogP contribution is -2.43. The third-order valence-electron chi connectivity index (χ3n) is 6.76. The zero-order valence-corrected chi connectivity index (χ0v) is 22.4. The summed E-state index contributed by atoms with van der Waals surface area (Å²) in [5, 5.41) is 14.8. The zero-order chi connectivity index (χ0) is 28.6.